The Morgan fingerprint density at radius 2 is 1.81 bits per heavy atom. The highest BCUT2D eigenvalue weighted by Crippen LogP contribution is 2.14. The summed E-state index contributed by atoms with van der Waals surface area (Å²) in [7, 11) is 0. The smallest absolute Gasteiger partial charge is 0.227 e. The molecular formula is C12H26N2O2. The van der Waals surface area contributed by atoms with Crippen LogP contribution in [0.5, 0.6) is 0 Å². The number of aliphatic hydroxyl groups is 1. The molecule has 96 valence electrons. The van der Waals surface area contributed by atoms with Crippen molar-refractivity contribution in [3.63, 3.8) is 0 Å². The summed E-state index contributed by atoms with van der Waals surface area (Å²) in [5, 5.41) is 9.02. The molecule has 0 saturated heterocycles. The van der Waals surface area contributed by atoms with E-state index >= 15 is 0 Å². The number of carbonyl (C=O) groups is 1. The largest absolute Gasteiger partial charge is 0.395 e. The second-order valence-electron chi connectivity index (χ2n) is 4.37. The van der Waals surface area contributed by atoms with E-state index in [4.69, 9.17) is 10.8 Å². The van der Waals surface area contributed by atoms with Gasteiger partial charge in [0.25, 0.3) is 0 Å². The molecule has 16 heavy (non-hydrogen) atoms. The van der Waals surface area contributed by atoms with E-state index in [2.05, 4.69) is 13.8 Å². The lowest BCUT2D eigenvalue weighted by Gasteiger charge is -2.33. The fraction of sp³-hybridized carbons (Fsp3) is 0.917. The number of hydrogen-bond acceptors (Lipinski definition) is 3. The van der Waals surface area contributed by atoms with E-state index in [1.54, 1.807) is 4.90 Å². The highest BCUT2D eigenvalue weighted by molar-refractivity contribution is 5.79. The molecule has 0 aliphatic carbocycles. The fourth-order valence-electron chi connectivity index (χ4n) is 1.80. The van der Waals surface area contributed by atoms with Crippen molar-refractivity contribution in [2.24, 2.45) is 11.7 Å². The van der Waals surface area contributed by atoms with E-state index < -0.39 is 0 Å². The minimum Gasteiger partial charge on any atom is -0.395 e. The van der Waals surface area contributed by atoms with Gasteiger partial charge in [0, 0.05) is 18.6 Å². The van der Waals surface area contributed by atoms with Crippen molar-refractivity contribution in [1.82, 2.24) is 4.90 Å². The summed E-state index contributed by atoms with van der Waals surface area (Å²) in [6.07, 6.45) is 1.82. The first-order valence-corrected chi connectivity index (χ1v) is 6.16. The van der Waals surface area contributed by atoms with Gasteiger partial charge >= 0.3 is 0 Å². The number of aliphatic hydroxyl groups excluding tert-OH is 1. The third-order valence-corrected chi connectivity index (χ3v) is 3.19. The number of carbonyl (C=O) groups excluding carboxylic acids is 1. The lowest BCUT2D eigenvalue weighted by Crippen LogP contribution is -2.47. The first-order chi connectivity index (χ1) is 7.49. The van der Waals surface area contributed by atoms with Gasteiger partial charge in [0.1, 0.15) is 0 Å². The van der Waals surface area contributed by atoms with Crippen molar-refractivity contribution in [1.29, 1.82) is 0 Å². The van der Waals surface area contributed by atoms with Gasteiger partial charge in [0.15, 0.2) is 0 Å². The highest BCUT2D eigenvalue weighted by atomic mass is 16.3. The molecule has 2 unspecified atom stereocenters. The Labute approximate surface area is 98.8 Å². The number of hydrogen-bond donors (Lipinski definition) is 2. The lowest BCUT2D eigenvalue weighted by molar-refractivity contribution is -0.138. The Morgan fingerprint density at radius 1 is 1.31 bits per heavy atom. The summed E-state index contributed by atoms with van der Waals surface area (Å²) in [6, 6.07) is 0.0592. The second-order valence-corrected chi connectivity index (χ2v) is 4.37. The summed E-state index contributed by atoms with van der Waals surface area (Å²) in [4.78, 5) is 13.9. The van der Waals surface area contributed by atoms with E-state index in [0.717, 1.165) is 12.8 Å². The molecule has 0 aliphatic heterocycles. The molecule has 0 spiro atoms. The summed E-state index contributed by atoms with van der Waals surface area (Å²) in [5.74, 6) is -0.134. The molecule has 0 aliphatic rings. The molecule has 0 bridgehead atoms. The van der Waals surface area contributed by atoms with Gasteiger partial charge in [-0.3, -0.25) is 4.79 Å². The number of rotatable bonds is 7. The average molecular weight is 230 g/mol. The summed E-state index contributed by atoms with van der Waals surface area (Å²) >= 11 is 0. The molecule has 0 heterocycles. The predicted octanol–water partition coefficient (Wildman–Crippen LogP) is 0.979. The lowest BCUT2D eigenvalue weighted by atomic mass is 10.0. The normalized spacial score (nSPS) is 14.9. The Bertz CT molecular complexity index is 203. The maximum absolute atomic E-state index is 12.2. The maximum atomic E-state index is 12.2. The number of nitrogens with two attached hydrogens (primary N) is 1. The number of amides is 1. The van der Waals surface area contributed by atoms with Gasteiger partial charge in [0.2, 0.25) is 5.91 Å². The van der Waals surface area contributed by atoms with Crippen LogP contribution in [0.2, 0.25) is 0 Å². The van der Waals surface area contributed by atoms with Crippen LogP contribution in [0.15, 0.2) is 0 Å². The van der Waals surface area contributed by atoms with Crippen LogP contribution in [0.25, 0.3) is 0 Å². The van der Waals surface area contributed by atoms with E-state index in [-0.39, 0.29) is 30.5 Å². The molecule has 0 aromatic carbocycles. The van der Waals surface area contributed by atoms with Crippen LogP contribution >= 0.6 is 0 Å². The van der Waals surface area contributed by atoms with Crippen molar-refractivity contribution in [3.05, 3.63) is 0 Å². The first kappa shape index (κ1) is 15.4. The molecular weight excluding hydrogens is 204 g/mol. The minimum absolute atomic E-state index is 0.00785. The van der Waals surface area contributed by atoms with Crippen LogP contribution in [0.1, 0.15) is 40.5 Å². The van der Waals surface area contributed by atoms with Gasteiger partial charge < -0.3 is 15.7 Å². The van der Waals surface area contributed by atoms with Gasteiger partial charge in [-0.25, -0.2) is 0 Å². The van der Waals surface area contributed by atoms with E-state index in [1.807, 2.05) is 13.8 Å². The monoisotopic (exact) mass is 230 g/mol. The molecule has 0 aromatic rings. The number of nitrogens with zero attached hydrogens (tertiary/aromatic N) is 1. The van der Waals surface area contributed by atoms with Crippen LogP contribution in [0.3, 0.4) is 0 Å². The molecule has 4 heteroatoms. The third-order valence-electron chi connectivity index (χ3n) is 3.19. The molecule has 3 N–H and O–H groups in total. The van der Waals surface area contributed by atoms with Gasteiger partial charge in [0.05, 0.1) is 12.5 Å². The maximum Gasteiger partial charge on any atom is 0.227 e. The highest BCUT2D eigenvalue weighted by Gasteiger charge is 2.26. The summed E-state index contributed by atoms with van der Waals surface area (Å²) < 4.78 is 0. The molecule has 4 nitrogen and oxygen atoms in total. The SMILES string of the molecule is CCC(CC)N(CCO)C(=O)C(C)C(C)N. The van der Waals surface area contributed by atoms with Crippen molar-refractivity contribution in [2.75, 3.05) is 13.2 Å². The van der Waals surface area contributed by atoms with Crippen molar-refractivity contribution >= 4 is 5.91 Å². The Kier molecular flexibility index (Phi) is 7.34. The molecule has 0 aromatic heterocycles. The molecule has 1 amide bonds. The van der Waals surface area contributed by atoms with Gasteiger partial charge in [-0.05, 0) is 19.8 Å². The standard InChI is InChI=1S/C12H26N2O2/c1-5-11(6-2)14(7-8-15)12(16)9(3)10(4)13/h9-11,15H,5-8,13H2,1-4H3. The first-order valence-electron chi connectivity index (χ1n) is 6.16. The zero-order valence-electron chi connectivity index (χ0n) is 10.9. The van der Waals surface area contributed by atoms with Gasteiger partial charge in [-0.1, -0.05) is 20.8 Å². The van der Waals surface area contributed by atoms with Gasteiger partial charge in [-0.2, -0.15) is 0 Å². The molecule has 0 saturated carbocycles. The Balaban J connectivity index is 4.69. The molecule has 0 fully saturated rings. The van der Waals surface area contributed by atoms with E-state index in [9.17, 15) is 4.79 Å². The van der Waals surface area contributed by atoms with E-state index in [1.165, 1.54) is 0 Å². The van der Waals surface area contributed by atoms with Crippen LogP contribution in [-0.4, -0.2) is 41.1 Å². The zero-order chi connectivity index (χ0) is 12.7. The van der Waals surface area contributed by atoms with E-state index in [0.29, 0.717) is 6.54 Å². The van der Waals surface area contributed by atoms with Crippen LogP contribution in [-0.2, 0) is 4.79 Å². The fourth-order valence-corrected chi connectivity index (χ4v) is 1.80. The molecule has 0 radical (unpaired) electrons. The third kappa shape index (κ3) is 4.10. The Hall–Kier alpha value is -0.610. The molecule has 0 rings (SSSR count). The van der Waals surface area contributed by atoms with Crippen molar-refractivity contribution in [2.45, 2.75) is 52.6 Å². The quantitative estimate of drug-likeness (QED) is 0.685. The Morgan fingerprint density at radius 3 is 2.12 bits per heavy atom. The van der Waals surface area contributed by atoms with Crippen LogP contribution in [0.4, 0.5) is 0 Å². The summed E-state index contributed by atoms with van der Waals surface area (Å²) in [6.45, 7) is 8.22. The average Bonchev–Trinajstić information content (AvgIpc) is 2.27. The second kappa shape index (κ2) is 7.63. The summed E-state index contributed by atoms with van der Waals surface area (Å²) in [5.41, 5.74) is 5.74. The van der Waals surface area contributed by atoms with Crippen LogP contribution < -0.4 is 5.73 Å². The van der Waals surface area contributed by atoms with Gasteiger partial charge in [-0.15, -0.1) is 0 Å². The van der Waals surface area contributed by atoms with Crippen molar-refractivity contribution in [3.8, 4) is 0 Å². The van der Waals surface area contributed by atoms with Crippen LogP contribution in [0, 0.1) is 5.92 Å². The topological polar surface area (TPSA) is 66.6 Å². The molecule has 2 atom stereocenters. The van der Waals surface area contributed by atoms with Crippen molar-refractivity contribution < 1.29 is 9.90 Å². The predicted molar refractivity (Wildman–Crippen MR) is 66.0 cm³/mol. The minimum atomic E-state index is -0.188. The zero-order valence-corrected chi connectivity index (χ0v) is 10.9.